The maximum absolute atomic E-state index is 13.6. The van der Waals surface area contributed by atoms with Gasteiger partial charge in [-0.25, -0.2) is 9.59 Å². The normalized spacial score (nSPS) is 17.3. The molecule has 1 aliphatic rings. The summed E-state index contributed by atoms with van der Waals surface area (Å²) >= 11 is 0. The third-order valence-corrected chi connectivity index (χ3v) is 6.88. The number of allylic oxidation sites excluding steroid dienone is 2. The second-order valence-corrected chi connectivity index (χ2v) is 10.2. The largest absolute Gasteiger partial charge is 0.459 e. The molecule has 2 heterocycles. The third kappa shape index (κ3) is 7.13. The zero-order valence-electron chi connectivity index (χ0n) is 23.9. The summed E-state index contributed by atoms with van der Waals surface area (Å²) in [5.41, 5.74) is 3.10. The lowest BCUT2D eigenvalue weighted by molar-refractivity contribution is -0.144. The minimum Gasteiger partial charge on any atom is -0.459 e. The number of dihydropyridines is 1. The first-order valence-electron chi connectivity index (χ1n) is 13.0. The Morgan fingerprint density at radius 3 is 1.90 bits per heavy atom. The number of aromatic nitrogens is 2. The van der Waals surface area contributed by atoms with Crippen LogP contribution in [-0.4, -0.2) is 61.8 Å². The number of hydrogen-bond acceptors (Lipinski definition) is 10. The molecule has 2 atom stereocenters. The van der Waals surface area contributed by atoms with E-state index in [0.29, 0.717) is 39.6 Å². The maximum atomic E-state index is 13.6. The molecule has 0 bridgehead atoms. The van der Waals surface area contributed by atoms with Gasteiger partial charge in [-0.15, -0.1) is 10.2 Å². The quantitative estimate of drug-likeness (QED) is 0.387. The Hall–Kier alpha value is -3.50. The van der Waals surface area contributed by atoms with Gasteiger partial charge in [0.05, 0.1) is 29.3 Å². The van der Waals surface area contributed by atoms with E-state index < -0.39 is 17.9 Å². The molecule has 3 rings (SSSR count). The predicted molar refractivity (Wildman–Crippen MR) is 144 cm³/mol. The van der Waals surface area contributed by atoms with E-state index in [0.717, 1.165) is 0 Å². The number of esters is 2. The van der Waals surface area contributed by atoms with Crippen molar-refractivity contribution in [2.75, 3.05) is 27.4 Å². The molecule has 0 aliphatic carbocycles. The number of nitrogens with one attached hydrogen (secondary N) is 1. The molecule has 2 unspecified atom stereocenters. The van der Waals surface area contributed by atoms with Crippen LogP contribution in [0.15, 0.2) is 57.6 Å². The average molecular weight is 542 g/mol. The third-order valence-electron chi connectivity index (χ3n) is 6.88. The zero-order chi connectivity index (χ0) is 28.7. The van der Waals surface area contributed by atoms with Crippen molar-refractivity contribution in [3.63, 3.8) is 0 Å². The van der Waals surface area contributed by atoms with Gasteiger partial charge in [0, 0.05) is 31.2 Å². The van der Waals surface area contributed by atoms with E-state index in [9.17, 15) is 9.59 Å². The lowest BCUT2D eigenvalue weighted by atomic mass is 9.80. The van der Waals surface area contributed by atoms with Gasteiger partial charge >= 0.3 is 11.9 Å². The van der Waals surface area contributed by atoms with Gasteiger partial charge < -0.3 is 28.7 Å². The van der Waals surface area contributed by atoms with Crippen LogP contribution in [-0.2, 0) is 28.5 Å². The van der Waals surface area contributed by atoms with Crippen LogP contribution in [0.4, 0.5) is 0 Å². The number of rotatable bonds is 12. The predicted octanol–water partition coefficient (Wildman–Crippen LogP) is 4.40. The first-order valence-corrected chi connectivity index (χ1v) is 13.0. The second kappa shape index (κ2) is 13.5. The minimum atomic E-state index is -0.769. The Morgan fingerprint density at radius 1 is 0.923 bits per heavy atom. The Morgan fingerprint density at radius 2 is 1.46 bits per heavy atom. The van der Waals surface area contributed by atoms with Crippen molar-refractivity contribution in [1.82, 2.24) is 15.5 Å². The molecule has 0 fully saturated rings. The van der Waals surface area contributed by atoms with E-state index in [1.165, 1.54) is 6.39 Å². The molecule has 1 aromatic carbocycles. The molecule has 10 nitrogen and oxygen atoms in total. The lowest BCUT2D eigenvalue weighted by Gasteiger charge is -2.31. The van der Waals surface area contributed by atoms with Gasteiger partial charge in [-0.2, -0.15) is 0 Å². The van der Waals surface area contributed by atoms with Gasteiger partial charge in [-0.3, -0.25) is 0 Å². The molecule has 0 radical (unpaired) electrons. The standard InChI is InChI=1S/C29H39N3O7/c1-16(2)22(35-7)13-37-28(33)24-18(5)31-19(6)25(29(34)38-14-23(36-8)17(3)4)26(24)20-10-9-11-21(12-20)27-32-30-15-39-27/h9-12,15-17,22-23,26,31H,13-14H2,1-8H3. The van der Waals surface area contributed by atoms with Gasteiger partial charge in [0.15, 0.2) is 0 Å². The van der Waals surface area contributed by atoms with Crippen LogP contribution in [0, 0.1) is 11.8 Å². The number of carbonyl (C=O) groups is 2. The molecule has 212 valence electrons. The summed E-state index contributed by atoms with van der Waals surface area (Å²) < 4.78 is 27.8. The molecule has 2 aromatic rings. The van der Waals surface area contributed by atoms with Gasteiger partial charge in [0.2, 0.25) is 12.3 Å². The van der Waals surface area contributed by atoms with Gasteiger partial charge in [0.25, 0.3) is 0 Å². The Labute approximate surface area is 229 Å². The summed E-state index contributed by atoms with van der Waals surface area (Å²) in [6.45, 7) is 11.7. The van der Waals surface area contributed by atoms with Crippen molar-refractivity contribution in [1.29, 1.82) is 0 Å². The van der Waals surface area contributed by atoms with E-state index in [2.05, 4.69) is 15.5 Å². The summed E-state index contributed by atoms with van der Waals surface area (Å²) in [5.74, 6) is -1.26. The average Bonchev–Trinajstić information content (AvgIpc) is 3.43. The summed E-state index contributed by atoms with van der Waals surface area (Å²) in [6, 6.07) is 7.30. The van der Waals surface area contributed by atoms with Gasteiger partial charge in [-0.05, 0) is 43.4 Å². The molecular formula is C29H39N3O7. The first-order chi connectivity index (χ1) is 18.6. The second-order valence-electron chi connectivity index (χ2n) is 10.2. The Kier molecular flexibility index (Phi) is 10.4. The van der Waals surface area contributed by atoms with Crippen LogP contribution in [0.3, 0.4) is 0 Å². The molecule has 1 aliphatic heterocycles. The number of carbonyl (C=O) groups excluding carboxylic acids is 2. The Bertz CT molecular complexity index is 1150. The van der Waals surface area contributed by atoms with Gasteiger partial charge in [-0.1, -0.05) is 39.8 Å². The number of hydrogen-bond donors (Lipinski definition) is 1. The van der Waals surface area contributed by atoms with Crippen LogP contribution in [0.2, 0.25) is 0 Å². The highest BCUT2D eigenvalue weighted by Gasteiger charge is 2.39. The fraction of sp³-hybridized carbons (Fsp3) is 0.517. The summed E-state index contributed by atoms with van der Waals surface area (Å²) in [5, 5.41) is 10.9. The molecule has 39 heavy (non-hydrogen) atoms. The van der Waals surface area contributed by atoms with E-state index in [4.69, 9.17) is 23.4 Å². The number of benzene rings is 1. The lowest BCUT2D eigenvalue weighted by Crippen LogP contribution is -2.35. The van der Waals surface area contributed by atoms with Gasteiger partial charge in [0.1, 0.15) is 13.2 Å². The zero-order valence-corrected chi connectivity index (χ0v) is 23.9. The topological polar surface area (TPSA) is 122 Å². The summed E-state index contributed by atoms with van der Waals surface area (Å²) in [6.07, 6.45) is 0.706. The van der Waals surface area contributed by atoms with Crippen molar-refractivity contribution >= 4 is 11.9 Å². The highest BCUT2D eigenvalue weighted by atomic mass is 16.6. The summed E-state index contributed by atoms with van der Waals surface area (Å²) in [7, 11) is 3.17. The molecule has 0 saturated heterocycles. The molecule has 1 aromatic heterocycles. The van der Waals surface area contributed by atoms with E-state index in [1.807, 2.05) is 52.0 Å². The van der Waals surface area contributed by atoms with Crippen molar-refractivity contribution in [3.8, 4) is 11.5 Å². The van der Waals surface area contributed by atoms with Crippen LogP contribution >= 0.6 is 0 Å². The SMILES string of the molecule is COC(COC(=O)C1=C(C)NC(C)=C(C(=O)OCC(OC)C(C)C)C1c1cccc(-c2nnco2)c1)C(C)C. The van der Waals surface area contributed by atoms with E-state index in [-0.39, 0.29) is 37.3 Å². The summed E-state index contributed by atoms with van der Waals surface area (Å²) in [4.78, 5) is 27.2. The van der Waals surface area contributed by atoms with Crippen LogP contribution in [0.1, 0.15) is 53.0 Å². The molecule has 1 N–H and O–H groups in total. The maximum Gasteiger partial charge on any atom is 0.336 e. The van der Waals surface area contributed by atoms with Crippen molar-refractivity contribution in [2.45, 2.75) is 59.7 Å². The Balaban J connectivity index is 2.04. The van der Waals surface area contributed by atoms with E-state index in [1.54, 1.807) is 28.1 Å². The van der Waals surface area contributed by atoms with Crippen molar-refractivity contribution in [3.05, 3.63) is 58.8 Å². The molecule has 10 heteroatoms. The fourth-order valence-corrected chi connectivity index (χ4v) is 4.56. The van der Waals surface area contributed by atoms with Crippen LogP contribution < -0.4 is 5.32 Å². The van der Waals surface area contributed by atoms with Crippen LogP contribution in [0.5, 0.6) is 0 Å². The highest BCUT2D eigenvalue weighted by Crippen LogP contribution is 2.40. The highest BCUT2D eigenvalue weighted by molar-refractivity contribution is 6.00. The first kappa shape index (κ1) is 30.0. The molecule has 0 amide bonds. The van der Waals surface area contributed by atoms with Crippen molar-refractivity contribution in [2.24, 2.45) is 11.8 Å². The molecule has 0 saturated carbocycles. The number of nitrogens with zero attached hydrogens (tertiary/aromatic N) is 2. The number of methoxy groups -OCH3 is 2. The number of ether oxygens (including phenoxy) is 4. The fourth-order valence-electron chi connectivity index (χ4n) is 4.56. The molecular weight excluding hydrogens is 502 g/mol. The van der Waals surface area contributed by atoms with Crippen molar-refractivity contribution < 1.29 is 33.0 Å². The monoisotopic (exact) mass is 541 g/mol. The molecule has 0 spiro atoms. The minimum absolute atomic E-state index is 0.0743. The van der Waals surface area contributed by atoms with E-state index >= 15 is 0 Å². The smallest absolute Gasteiger partial charge is 0.336 e. The van der Waals surface area contributed by atoms with Crippen LogP contribution in [0.25, 0.3) is 11.5 Å².